The molecule has 0 spiro atoms. The highest BCUT2D eigenvalue weighted by molar-refractivity contribution is 5.91. The number of benzene rings is 1. The quantitative estimate of drug-likeness (QED) is 0.728. The van der Waals surface area contributed by atoms with Gasteiger partial charge in [0.15, 0.2) is 0 Å². The lowest BCUT2D eigenvalue weighted by Gasteiger charge is -2.04. The van der Waals surface area contributed by atoms with E-state index in [0.29, 0.717) is 5.57 Å². The lowest BCUT2D eigenvalue weighted by Crippen LogP contribution is -1.96. The average molecular weight is 190 g/mol. The summed E-state index contributed by atoms with van der Waals surface area (Å²) in [6, 6.07) is 5.88. The van der Waals surface area contributed by atoms with Crippen molar-refractivity contribution in [2.24, 2.45) is 0 Å². The van der Waals surface area contributed by atoms with Crippen molar-refractivity contribution >= 4 is 12.0 Å². The summed E-state index contributed by atoms with van der Waals surface area (Å²) in [5.74, 6) is -0.870. The summed E-state index contributed by atoms with van der Waals surface area (Å²) >= 11 is 0. The summed E-state index contributed by atoms with van der Waals surface area (Å²) in [5.41, 5.74) is 3.65. The number of carboxylic acids is 1. The molecule has 0 unspecified atom stereocenters. The number of carboxylic acid groups (broad SMARTS) is 1. The number of hydrogen-bond acceptors (Lipinski definition) is 1. The molecule has 1 N–H and O–H groups in total. The first-order valence-corrected chi connectivity index (χ1v) is 4.50. The van der Waals surface area contributed by atoms with E-state index in [1.807, 2.05) is 32.0 Å². The Morgan fingerprint density at radius 3 is 2.57 bits per heavy atom. The lowest BCUT2D eigenvalue weighted by molar-refractivity contribution is -0.132. The van der Waals surface area contributed by atoms with Gasteiger partial charge < -0.3 is 5.11 Å². The van der Waals surface area contributed by atoms with E-state index in [1.54, 1.807) is 13.0 Å². The van der Waals surface area contributed by atoms with Gasteiger partial charge >= 0.3 is 5.97 Å². The molecule has 1 aromatic carbocycles. The number of aryl methyl sites for hydroxylation is 1. The second kappa shape index (κ2) is 4.09. The molecule has 0 aliphatic heterocycles. The molecule has 0 aliphatic carbocycles. The van der Waals surface area contributed by atoms with Crippen LogP contribution in [0.15, 0.2) is 23.8 Å². The molecule has 0 aliphatic rings. The van der Waals surface area contributed by atoms with Gasteiger partial charge in [-0.15, -0.1) is 0 Å². The van der Waals surface area contributed by atoms with Gasteiger partial charge in [-0.1, -0.05) is 18.2 Å². The summed E-state index contributed by atoms with van der Waals surface area (Å²) < 4.78 is 0. The van der Waals surface area contributed by atoms with Crippen LogP contribution in [0.25, 0.3) is 6.08 Å². The van der Waals surface area contributed by atoms with Crippen LogP contribution >= 0.6 is 0 Å². The molecule has 0 amide bonds. The van der Waals surface area contributed by atoms with Crippen molar-refractivity contribution in [1.82, 2.24) is 0 Å². The van der Waals surface area contributed by atoms with Gasteiger partial charge in [0.1, 0.15) is 0 Å². The van der Waals surface area contributed by atoms with E-state index >= 15 is 0 Å². The predicted octanol–water partition coefficient (Wildman–Crippen LogP) is 2.79. The molecule has 1 aromatic rings. The van der Waals surface area contributed by atoms with Crippen LogP contribution in [0.5, 0.6) is 0 Å². The monoisotopic (exact) mass is 190 g/mol. The first kappa shape index (κ1) is 10.5. The van der Waals surface area contributed by atoms with Gasteiger partial charge in [0.25, 0.3) is 0 Å². The van der Waals surface area contributed by atoms with Crippen LogP contribution < -0.4 is 0 Å². The van der Waals surface area contributed by atoms with Crippen molar-refractivity contribution in [1.29, 1.82) is 0 Å². The standard InChI is InChI=1S/C12H14O2/c1-8-5-4-6-11(10(8)3)7-9(2)12(13)14/h4-7H,1-3H3,(H,13,14). The van der Waals surface area contributed by atoms with Gasteiger partial charge in [-0.2, -0.15) is 0 Å². The second-order valence-electron chi connectivity index (χ2n) is 3.42. The zero-order valence-electron chi connectivity index (χ0n) is 8.66. The van der Waals surface area contributed by atoms with Gasteiger partial charge in [-0.25, -0.2) is 4.79 Å². The van der Waals surface area contributed by atoms with E-state index in [0.717, 1.165) is 11.1 Å². The molecule has 1 rings (SSSR count). The SMILES string of the molecule is CC(=Cc1cccc(C)c1C)C(=O)O. The first-order chi connectivity index (χ1) is 6.52. The third kappa shape index (κ3) is 2.22. The van der Waals surface area contributed by atoms with Crippen LogP contribution in [0.2, 0.25) is 0 Å². The molecule has 0 fully saturated rings. The highest BCUT2D eigenvalue weighted by Gasteiger charge is 2.02. The molecule has 0 radical (unpaired) electrons. The summed E-state index contributed by atoms with van der Waals surface area (Å²) in [5, 5.41) is 8.74. The van der Waals surface area contributed by atoms with E-state index in [2.05, 4.69) is 0 Å². The minimum Gasteiger partial charge on any atom is -0.478 e. The highest BCUT2D eigenvalue weighted by atomic mass is 16.4. The highest BCUT2D eigenvalue weighted by Crippen LogP contribution is 2.15. The van der Waals surface area contributed by atoms with Crippen molar-refractivity contribution < 1.29 is 9.90 Å². The lowest BCUT2D eigenvalue weighted by atomic mass is 10.0. The smallest absolute Gasteiger partial charge is 0.331 e. The molecule has 74 valence electrons. The normalized spacial score (nSPS) is 11.5. The summed E-state index contributed by atoms with van der Waals surface area (Å²) in [4.78, 5) is 10.6. The van der Waals surface area contributed by atoms with Crippen LogP contribution in [0.1, 0.15) is 23.6 Å². The molecule has 0 aromatic heterocycles. The fraction of sp³-hybridized carbons (Fsp3) is 0.250. The van der Waals surface area contributed by atoms with Gasteiger partial charge in [-0.05, 0) is 43.5 Å². The van der Waals surface area contributed by atoms with Crippen molar-refractivity contribution in [3.63, 3.8) is 0 Å². The zero-order valence-corrected chi connectivity index (χ0v) is 8.66. The van der Waals surface area contributed by atoms with Crippen molar-refractivity contribution in [3.8, 4) is 0 Å². The van der Waals surface area contributed by atoms with E-state index in [4.69, 9.17) is 5.11 Å². The number of carbonyl (C=O) groups is 1. The molecule has 0 atom stereocenters. The molecule has 2 nitrogen and oxygen atoms in total. The van der Waals surface area contributed by atoms with Crippen LogP contribution in [-0.4, -0.2) is 11.1 Å². The van der Waals surface area contributed by atoms with E-state index in [9.17, 15) is 4.79 Å². The van der Waals surface area contributed by atoms with Gasteiger partial charge in [-0.3, -0.25) is 0 Å². The third-order valence-corrected chi connectivity index (χ3v) is 2.36. The van der Waals surface area contributed by atoms with E-state index in [-0.39, 0.29) is 0 Å². The number of aliphatic carboxylic acids is 1. The molecule has 2 heteroatoms. The summed E-state index contributed by atoms with van der Waals surface area (Å²) in [6.45, 7) is 5.61. The van der Waals surface area contributed by atoms with Crippen LogP contribution in [0.3, 0.4) is 0 Å². The van der Waals surface area contributed by atoms with Gasteiger partial charge in [0.2, 0.25) is 0 Å². The minimum atomic E-state index is -0.870. The van der Waals surface area contributed by atoms with E-state index < -0.39 is 5.97 Å². The summed E-state index contributed by atoms with van der Waals surface area (Å²) in [6.07, 6.45) is 1.70. The maximum absolute atomic E-state index is 10.6. The van der Waals surface area contributed by atoms with Crippen LogP contribution in [0.4, 0.5) is 0 Å². The van der Waals surface area contributed by atoms with Crippen molar-refractivity contribution in [2.45, 2.75) is 20.8 Å². The van der Waals surface area contributed by atoms with Gasteiger partial charge in [0.05, 0.1) is 0 Å². The minimum absolute atomic E-state index is 0.360. The molecule has 0 bridgehead atoms. The van der Waals surface area contributed by atoms with Gasteiger partial charge in [0, 0.05) is 5.57 Å². The van der Waals surface area contributed by atoms with Crippen molar-refractivity contribution in [2.75, 3.05) is 0 Å². The topological polar surface area (TPSA) is 37.3 Å². The Morgan fingerprint density at radius 1 is 1.36 bits per heavy atom. The zero-order chi connectivity index (χ0) is 10.7. The first-order valence-electron chi connectivity index (χ1n) is 4.50. The molecular formula is C12H14O2. The Morgan fingerprint density at radius 2 is 2.00 bits per heavy atom. The Hall–Kier alpha value is -1.57. The fourth-order valence-corrected chi connectivity index (χ4v) is 1.23. The largest absolute Gasteiger partial charge is 0.478 e. The molecule has 0 heterocycles. The molecule has 0 saturated heterocycles. The fourth-order valence-electron chi connectivity index (χ4n) is 1.23. The second-order valence-corrected chi connectivity index (χ2v) is 3.42. The number of hydrogen-bond donors (Lipinski definition) is 1. The maximum Gasteiger partial charge on any atom is 0.331 e. The summed E-state index contributed by atoms with van der Waals surface area (Å²) in [7, 11) is 0. The van der Waals surface area contributed by atoms with E-state index in [1.165, 1.54) is 5.56 Å². The third-order valence-electron chi connectivity index (χ3n) is 2.36. The maximum atomic E-state index is 10.6. The van der Waals surface area contributed by atoms with Crippen LogP contribution in [0, 0.1) is 13.8 Å². The molecular weight excluding hydrogens is 176 g/mol. The average Bonchev–Trinajstić information content (AvgIpc) is 2.12. The Balaban J connectivity index is 3.15. The number of rotatable bonds is 2. The Kier molecular flexibility index (Phi) is 3.07. The van der Waals surface area contributed by atoms with Crippen molar-refractivity contribution in [3.05, 3.63) is 40.5 Å². The molecule has 0 saturated carbocycles. The Labute approximate surface area is 83.9 Å². The Bertz CT molecular complexity index is 389. The predicted molar refractivity (Wildman–Crippen MR) is 57.2 cm³/mol. The van der Waals surface area contributed by atoms with Crippen LogP contribution in [-0.2, 0) is 4.79 Å². The molecule has 14 heavy (non-hydrogen) atoms.